The molecular formula is C18H20BF2NO4S. The van der Waals surface area contributed by atoms with Gasteiger partial charge in [-0.15, -0.1) is 0 Å². The summed E-state index contributed by atoms with van der Waals surface area (Å²) in [6.45, 7) is 7.70. The van der Waals surface area contributed by atoms with Crippen LogP contribution in [0.5, 0.6) is 0 Å². The third-order valence-corrected chi connectivity index (χ3v) is 6.23. The van der Waals surface area contributed by atoms with E-state index in [-0.39, 0.29) is 10.6 Å². The van der Waals surface area contributed by atoms with Crippen LogP contribution in [-0.2, 0) is 19.3 Å². The summed E-state index contributed by atoms with van der Waals surface area (Å²) >= 11 is 0. The molecule has 0 spiro atoms. The second-order valence-corrected chi connectivity index (χ2v) is 9.10. The lowest BCUT2D eigenvalue weighted by molar-refractivity contribution is 0.00578. The molecule has 0 saturated carbocycles. The maximum atomic E-state index is 13.3. The molecule has 1 aliphatic heterocycles. The first-order chi connectivity index (χ1) is 12.4. The van der Waals surface area contributed by atoms with Gasteiger partial charge in [0.2, 0.25) is 0 Å². The SMILES string of the molecule is CC1(C)OB(c2ccc(S(=O)(=O)Nc3cc(F)cc(F)c3)cc2)OC1(C)C. The maximum absolute atomic E-state index is 13.3. The Bertz CT molecular complexity index is 926. The topological polar surface area (TPSA) is 64.6 Å². The fourth-order valence-corrected chi connectivity index (χ4v) is 3.65. The summed E-state index contributed by atoms with van der Waals surface area (Å²) in [5, 5.41) is 0. The van der Waals surface area contributed by atoms with E-state index in [1.165, 1.54) is 12.1 Å². The average molecular weight is 395 g/mol. The van der Waals surface area contributed by atoms with E-state index in [0.29, 0.717) is 11.5 Å². The van der Waals surface area contributed by atoms with Gasteiger partial charge in [0.15, 0.2) is 0 Å². The third-order valence-electron chi connectivity index (χ3n) is 4.83. The molecule has 9 heteroatoms. The fraction of sp³-hybridized carbons (Fsp3) is 0.333. The molecule has 0 radical (unpaired) electrons. The van der Waals surface area contributed by atoms with E-state index in [9.17, 15) is 17.2 Å². The molecule has 1 fully saturated rings. The number of rotatable bonds is 4. The van der Waals surface area contributed by atoms with Crippen LogP contribution >= 0.6 is 0 Å². The Hall–Kier alpha value is -1.97. The first kappa shape index (κ1) is 19.8. The highest BCUT2D eigenvalue weighted by atomic mass is 32.2. The molecule has 0 aliphatic carbocycles. The first-order valence-corrected chi connectivity index (χ1v) is 9.82. The van der Waals surface area contributed by atoms with Crippen molar-refractivity contribution in [1.82, 2.24) is 0 Å². The minimum absolute atomic E-state index is 0.0487. The average Bonchev–Trinajstić information content (AvgIpc) is 2.74. The molecule has 5 nitrogen and oxygen atoms in total. The van der Waals surface area contributed by atoms with E-state index in [0.717, 1.165) is 12.1 Å². The monoisotopic (exact) mass is 395 g/mol. The van der Waals surface area contributed by atoms with Gasteiger partial charge in [-0.25, -0.2) is 17.2 Å². The van der Waals surface area contributed by atoms with Crippen LogP contribution in [0.25, 0.3) is 0 Å². The standard InChI is InChI=1S/C18H20BF2NO4S/c1-17(2)18(3,4)26-19(25-17)12-5-7-16(8-6-12)27(23,24)22-15-10-13(20)9-14(21)11-15/h5-11,22H,1-4H3. The van der Waals surface area contributed by atoms with E-state index in [1.54, 1.807) is 12.1 Å². The van der Waals surface area contributed by atoms with E-state index < -0.39 is 40.0 Å². The van der Waals surface area contributed by atoms with Crippen LogP contribution in [0.15, 0.2) is 47.4 Å². The Morgan fingerprint density at radius 3 is 1.85 bits per heavy atom. The molecule has 1 saturated heterocycles. The summed E-state index contributed by atoms with van der Waals surface area (Å²) in [6.07, 6.45) is 0. The summed E-state index contributed by atoms with van der Waals surface area (Å²) in [7, 11) is -4.61. The molecule has 2 aromatic rings. The number of nitrogens with one attached hydrogen (secondary N) is 1. The van der Waals surface area contributed by atoms with Crippen LogP contribution in [0.1, 0.15) is 27.7 Å². The minimum Gasteiger partial charge on any atom is -0.399 e. The summed E-state index contributed by atoms with van der Waals surface area (Å²) < 4.78 is 65.4. The zero-order valence-corrected chi connectivity index (χ0v) is 16.2. The molecule has 0 amide bonds. The van der Waals surface area contributed by atoms with Crippen molar-refractivity contribution >= 4 is 28.3 Å². The highest BCUT2D eigenvalue weighted by Gasteiger charge is 2.51. The quantitative estimate of drug-likeness (QED) is 0.809. The lowest BCUT2D eigenvalue weighted by Crippen LogP contribution is -2.41. The number of benzene rings is 2. The smallest absolute Gasteiger partial charge is 0.399 e. The molecule has 1 heterocycles. The summed E-state index contributed by atoms with van der Waals surface area (Å²) in [6, 6.07) is 8.42. The van der Waals surface area contributed by atoms with Gasteiger partial charge in [-0.1, -0.05) is 12.1 Å². The van der Waals surface area contributed by atoms with Crippen molar-refractivity contribution in [2.75, 3.05) is 4.72 Å². The van der Waals surface area contributed by atoms with Crippen molar-refractivity contribution in [2.45, 2.75) is 43.8 Å². The molecule has 144 valence electrons. The molecule has 27 heavy (non-hydrogen) atoms. The molecular weight excluding hydrogens is 375 g/mol. The van der Waals surface area contributed by atoms with Gasteiger partial charge in [0, 0.05) is 6.07 Å². The highest BCUT2D eigenvalue weighted by molar-refractivity contribution is 7.92. The zero-order chi connectivity index (χ0) is 20.0. The number of sulfonamides is 1. The normalized spacial score (nSPS) is 18.5. The van der Waals surface area contributed by atoms with Crippen LogP contribution in [0.2, 0.25) is 0 Å². The van der Waals surface area contributed by atoms with Gasteiger partial charge in [-0.05, 0) is 57.4 Å². The van der Waals surface area contributed by atoms with Gasteiger partial charge in [-0.2, -0.15) is 0 Å². The maximum Gasteiger partial charge on any atom is 0.494 e. The molecule has 2 aromatic carbocycles. The second kappa shape index (κ2) is 6.58. The highest BCUT2D eigenvalue weighted by Crippen LogP contribution is 2.36. The fourth-order valence-electron chi connectivity index (χ4n) is 2.61. The van der Waals surface area contributed by atoms with Crippen molar-refractivity contribution in [3.63, 3.8) is 0 Å². The van der Waals surface area contributed by atoms with Gasteiger partial charge in [0.1, 0.15) is 11.6 Å². The predicted octanol–water partition coefficient (Wildman–Crippen LogP) is 3.06. The molecule has 0 unspecified atom stereocenters. The van der Waals surface area contributed by atoms with E-state index in [2.05, 4.69) is 4.72 Å². The first-order valence-electron chi connectivity index (χ1n) is 8.34. The van der Waals surface area contributed by atoms with Gasteiger partial charge in [0.25, 0.3) is 10.0 Å². The number of halogens is 2. The van der Waals surface area contributed by atoms with E-state index in [1.807, 2.05) is 27.7 Å². The molecule has 0 atom stereocenters. The minimum atomic E-state index is -4.00. The van der Waals surface area contributed by atoms with E-state index >= 15 is 0 Å². The zero-order valence-electron chi connectivity index (χ0n) is 15.4. The van der Waals surface area contributed by atoms with Crippen LogP contribution in [0, 0.1) is 11.6 Å². The number of anilines is 1. The van der Waals surface area contributed by atoms with Gasteiger partial charge >= 0.3 is 7.12 Å². The van der Waals surface area contributed by atoms with E-state index in [4.69, 9.17) is 9.31 Å². The Balaban J connectivity index is 1.80. The molecule has 1 aliphatic rings. The third kappa shape index (κ3) is 4.00. The second-order valence-electron chi connectivity index (χ2n) is 7.42. The van der Waals surface area contributed by atoms with Gasteiger partial charge in [-0.3, -0.25) is 4.72 Å². The van der Waals surface area contributed by atoms with Crippen LogP contribution in [-0.4, -0.2) is 26.7 Å². The molecule has 3 rings (SSSR count). The van der Waals surface area contributed by atoms with Gasteiger partial charge in [0.05, 0.1) is 21.8 Å². The molecule has 0 bridgehead atoms. The summed E-state index contributed by atoms with van der Waals surface area (Å²) in [4.78, 5) is -0.0487. The lowest BCUT2D eigenvalue weighted by atomic mass is 9.79. The van der Waals surface area contributed by atoms with Crippen molar-refractivity contribution in [1.29, 1.82) is 0 Å². The van der Waals surface area contributed by atoms with Crippen LogP contribution in [0.3, 0.4) is 0 Å². The summed E-state index contributed by atoms with van der Waals surface area (Å²) in [5.74, 6) is -1.74. The van der Waals surface area contributed by atoms with Gasteiger partial charge < -0.3 is 9.31 Å². The number of hydrogen-bond acceptors (Lipinski definition) is 4. The Kier molecular flexibility index (Phi) is 4.82. The Labute approximate surface area is 157 Å². The molecule has 0 aromatic heterocycles. The molecule has 1 N–H and O–H groups in total. The number of hydrogen-bond donors (Lipinski definition) is 1. The Morgan fingerprint density at radius 2 is 1.37 bits per heavy atom. The largest absolute Gasteiger partial charge is 0.494 e. The van der Waals surface area contributed by atoms with Crippen molar-refractivity contribution in [2.24, 2.45) is 0 Å². The Morgan fingerprint density at radius 1 is 0.889 bits per heavy atom. The van der Waals surface area contributed by atoms with Crippen molar-refractivity contribution in [3.05, 3.63) is 54.1 Å². The lowest BCUT2D eigenvalue weighted by Gasteiger charge is -2.32. The predicted molar refractivity (Wildman–Crippen MR) is 99.3 cm³/mol. The summed E-state index contributed by atoms with van der Waals surface area (Å²) in [5.41, 5.74) is -0.538. The van der Waals surface area contributed by atoms with Crippen LogP contribution in [0.4, 0.5) is 14.5 Å². The van der Waals surface area contributed by atoms with Crippen molar-refractivity contribution < 1.29 is 26.5 Å². The van der Waals surface area contributed by atoms with Crippen LogP contribution < -0.4 is 10.2 Å². The van der Waals surface area contributed by atoms with Crippen molar-refractivity contribution in [3.8, 4) is 0 Å².